The normalized spacial score (nSPS) is 22.1. The molecule has 1 saturated heterocycles. The molecule has 1 heterocycles. The molecule has 0 radical (unpaired) electrons. The predicted octanol–water partition coefficient (Wildman–Crippen LogP) is 2.72. The Morgan fingerprint density at radius 2 is 2.24 bits per heavy atom. The molecule has 0 spiro atoms. The lowest BCUT2D eigenvalue weighted by atomic mass is 10.1. The second-order valence-electron chi connectivity index (χ2n) is 4.87. The van der Waals surface area contributed by atoms with E-state index in [2.05, 4.69) is 0 Å². The number of carbonyl (C=O) groups is 1. The Labute approximate surface area is 131 Å². The molecule has 2 rings (SSSR count). The van der Waals surface area contributed by atoms with Gasteiger partial charge in [0.15, 0.2) is 0 Å². The lowest BCUT2D eigenvalue weighted by molar-refractivity contribution is -0.384. The van der Waals surface area contributed by atoms with Crippen molar-refractivity contribution in [3.8, 4) is 0 Å². The zero-order valence-corrected chi connectivity index (χ0v) is 12.8. The molecule has 8 heteroatoms. The maximum Gasteiger partial charge on any atom is 0.271 e. The summed E-state index contributed by atoms with van der Waals surface area (Å²) >= 11 is 11.6. The first-order valence-electron chi connectivity index (χ1n) is 6.36. The molecule has 0 bridgehead atoms. The Morgan fingerprint density at radius 1 is 1.52 bits per heavy atom. The van der Waals surface area contributed by atoms with Crippen LogP contribution in [0.25, 0.3) is 0 Å². The van der Waals surface area contributed by atoms with E-state index in [0.29, 0.717) is 13.2 Å². The second kappa shape index (κ2) is 6.60. The number of halogens is 2. The van der Waals surface area contributed by atoms with Crippen molar-refractivity contribution in [2.75, 3.05) is 19.0 Å². The highest BCUT2D eigenvalue weighted by Gasteiger charge is 2.30. The summed E-state index contributed by atoms with van der Waals surface area (Å²) in [6.45, 7) is 2.58. The molecule has 1 amide bonds. The molecule has 1 aromatic rings. The Hall–Kier alpha value is -1.37. The minimum absolute atomic E-state index is 0.130. The van der Waals surface area contributed by atoms with E-state index in [1.807, 2.05) is 6.92 Å². The van der Waals surface area contributed by atoms with Gasteiger partial charge in [0.05, 0.1) is 29.6 Å². The molecule has 0 aliphatic carbocycles. The van der Waals surface area contributed by atoms with Crippen LogP contribution in [0.15, 0.2) is 18.2 Å². The lowest BCUT2D eigenvalue weighted by Gasteiger charge is -2.37. The number of nitrogens with zero attached hydrogens (tertiary/aromatic N) is 2. The summed E-state index contributed by atoms with van der Waals surface area (Å²) < 4.78 is 5.48. The quantitative estimate of drug-likeness (QED) is 0.484. The molecule has 6 nitrogen and oxygen atoms in total. The van der Waals surface area contributed by atoms with Crippen LogP contribution in [0, 0.1) is 10.1 Å². The fourth-order valence-electron chi connectivity index (χ4n) is 2.16. The number of ether oxygens (including phenoxy) is 1. The second-order valence-corrected chi connectivity index (χ2v) is 5.62. The zero-order chi connectivity index (χ0) is 15.6. The summed E-state index contributed by atoms with van der Waals surface area (Å²) in [5.74, 6) is -0.0295. The summed E-state index contributed by atoms with van der Waals surface area (Å²) in [7, 11) is 0. The van der Waals surface area contributed by atoms with Crippen molar-refractivity contribution in [2.45, 2.75) is 19.1 Å². The number of nitro benzene ring substituents is 1. The number of benzene rings is 1. The van der Waals surface area contributed by atoms with Crippen LogP contribution in [0.5, 0.6) is 0 Å². The third kappa shape index (κ3) is 3.64. The fourth-order valence-corrected chi connectivity index (χ4v) is 2.58. The van der Waals surface area contributed by atoms with E-state index in [1.54, 1.807) is 4.90 Å². The summed E-state index contributed by atoms with van der Waals surface area (Å²) in [6.07, 6.45) is -0.235. The van der Waals surface area contributed by atoms with E-state index in [1.165, 1.54) is 18.2 Å². The molecule has 114 valence electrons. The number of rotatable bonds is 3. The first-order chi connectivity index (χ1) is 9.92. The van der Waals surface area contributed by atoms with E-state index in [-0.39, 0.29) is 40.2 Å². The van der Waals surface area contributed by atoms with Crippen molar-refractivity contribution in [1.29, 1.82) is 0 Å². The highest BCUT2D eigenvalue weighted by Crippen LogP contribution is 2.24. The number of hydrogen-bond donors (Lipinski definition) is 0. The topological polar surface area (TPSA) is 72.7 Å². The first kappa shape index (κ1) is 16.0. The van der Waals surface area contributed by atoms with Gasteiger partial charge in [0.25, 0.3) is 11.6 Å². The van der Waals surface area contributed by atoms with Crippen molar-refractivity contribution >= 4 is 34.8 Å². The van der Waals surface area contributed by atoms with Crippen LogP contribution in [0.3, 0.4) is 0 Å². The summed E-state index contributed by atoms with van der Waals surface area (Å²) in [4.78, 5) is 24.4. The largest absolute Gasteiger partial charge is 0.373 e. The van der Waals surface area contributed by atoms with Crippen LogP contribution >= 0.6 is 23.2 Å². The van der Waals surface area contributed by atoms with Crippen LogP contribution < -0.4 is 0 Å². The Balaban J connectivity index is 2.28. The van der Waals surface area contributed by atoms with Crippen LogP contribution in [0.1, 0.15) is 17.3 Å². The minimum Gasteiger partial charge on any atom is -0.373 e. The van der Waals surface area contributed by atoms with Crippen molar-refractivity contribution in [2.24, 2.45) is 0 Å². The van der Waals surface area contributed by atoms with Crippen molar-refractivity contribution in [3.63, 3.8) is 0 Å². The average molecular weight is 333 g/mol. The smallest absolute Gasteiger partial charge is 0.271 e. The lowest BCUT2D eigenvalue weighted by Crippen LogP contribution is -2.51. The molecule has 1 aliphatic heterocycles. The van der Waals surface area contributed by atoms with E-state index in [4.69, 9.17) is 27.9 Å². The molecule has 1 aromatic carbocycles. The van der Waals surface area contributed by atoms with Gasteiger partial charge in [0.1, 0.15) is 0 Å². The molecule has 0 saturated carbocycles. The predicted molar refractivity (Wildman–Crippen MR) is 79.1 cm³/mol. The molecular formula is C13H14Cl2N2O4. The van der Waals surface area contributed by atoms with Gasteiger partial charge >= 0.3 is 0 Å². The van der Waals surface area contributed by atoms with E-state index in [9.17, 15) is 14.9 Å². The molecule has 0 N–H and O–H groups in total. The molecule has 0 aromatic heterocycles. The highest BCUT2D eigenvalue weighted by atomic mass is 35.5. The summed E-state index contributed by atoms with van der Waals surface area (Å²) in [5, 5.41) is 11.0. The standard InChI is InChI=1S/C13H14Cl2N2O4/c1-8-7-21-12(5-14)6-16(8)13(18)9-2-10(15)4-11(3-9)17(19)20/h2-4,8,12H,5-7H2,1H3. The Bertz CT molecular complexity index is 567. The number of alkyl halides is 1. The number of non-ortho nitro benzene ring substituents is 1. The minimum atomic E-state index is -0.576. The maximum atomic E-state index is 12.5. The van der Waals surface area contributed by atoms with Gasteiger partial charge in [-0.2, -0.15) is 0 Å². The third-order valence-corrected chi connectivity index (χ3v) is 3.84. The molecule has 1 aliphatic rings. The van der Waals surface area contributed by atoms with Crippen LogP contribution in [-0.2, 0) is 4.74 Å². The van der Waals surface area contributed by atoms with E-state index >= 15 is 0 Å². The summed E-state index contributed by atoms with van der Waals surface area (Å²) in [5.41, 5.74) is -0.0167. The van der Waals surface area contributed by atoms with Gasteiger partial charge in [-0.1, -0.05) is 11.6 Å². The van der Waals surface area contributed by atoms with E-state index in [0.717, 1.165) is 0 Å². The van der Waals surface area contributed by atoms with Gasteiger partial charge in [-0.3, -0.25) is 14.9 Å². The average Bonchev–Trinajstić information content (AvgIpc) is 2.46. The number of carbonyl (C=O) groups excluding carboxylic acids is 1. The van der Waals surface area contributed by atoms with Gasteiger partial charge in [-0.05, 0) is 13.0 Å². The summed E-state index contributed by atoms with van der Waals surface area (Å²) in [6, 6.07) is 3.73. The maximum absolute atomic E-state index is 12.5. The number of morpholine rings is 1. The van der Waals surface area contributed by atoms with Crippen molar-refractivity contribution in [3.05, 3.63) is 38.9 Å². The number of amides is 1. The van der Waals surface area contributed by atoms with Gasteiger partial charge < -0.3 is 9.64 Å². The van der Waals surface area contributed by atoms with Crippen molar-refractivity contribution < 1.29 is 14.5 Å². The third-order valence-electron chi connectivity index (χ3n) is 3.28. The van der Waals surface area contributed by atoms with Crippen LogP contribution in [-0.4, -0.2) is 46.9 Å². The Morgan fingerprint density at radius 3 is 2.86 bits per heavy atom. The Kier molecular flexibility index (Phi) is 5.03. The van der Waals surface area contributed by atoms with E-state index < -0.39 is 4.92 Å². The monoisotopic (exact) mass is 332 g/mol. The molecule has 1 fully saturated rings. The zero-order valence-electron chi connectivity index (χ0n) is 11.3. The van der Waals surface area contributed by atoms with Gasteiger partial charge in [-0.25, -0.2) is 0 Å². The van der Waals surface area contributed by atoms with Gasteiger partial charge in [0, 0.05) is 29.3 Å². The molecule has 21 heavy (non-hydrogen) atoms. The first-order valence-corrected chi connectivity index (χ1v) is 7.27. The van der Waals surface area contributed by atoms with Gasteiger partial charge in [0.2, 0.25) is 0 Å². The SMILES string of the molecule is CC1COC(CCl)CN1C(=O)c1cc(Cl)cc([N+](=O)[O-])c1. The van der Waals surface area contributed by atoms with Crippen LogP contribution in [0.4, 0.5) is 5.69 Å². The van der Waals surface area contributed by atoms with Crippen LogP contribution in [0.2, 0.25) is 5.02 Å². The van der Waals surface area contributed by atoms with Crippen molar-refractivity contribution in [1.82, 2.24) is 4.90 Å². The van der Waals surface area contributed by atoms with Gasteiger partial charge in [-0.15, -0.1) is 11.6 Å². The highest BCUT2D eigenvalue weighted by molar-refractivity contribution is 6.31. The number of nitro groups is 1. The molecule has 2 unspecified atom stereocenters. The number of hydrogen-bond acceptors (Lipinski definition) is 4. The fraction of sp³-hybridized carbons (Fsp3) is 0.462. The molecular weight excluding hydrogens is 319 g/mol. The molecule has 2 atom stereocenters.